The molecular formula is C99H168N26O25. The van der Waals surface area contributed by atoms with E-state index in [1.165, 1.54) is 99.9 Å². The number of carboxylic acids is 2. The molecule has 2 aromatic rings. The van der Waals surface area contributed by atoms with Crippen LogP contribution in [-0.4, -0.2) is 298 Å². The van der Waals surface area contributed by atoms with Gasteiger partial charge in [-0.3, -0.25) is 97.1 Å². The summed E-state index contributed by atoms with van der Waals surface area (Å²) >= 11 is 0. The molecule has 0 heterocycles. The molecular weight excluding hydrogens is 1950 g/mol. The molecule has 0 spiro atoms. The van der Waals surface area contributed by atoms with Crippen molar-refractivity contribution in [1.29, 1.82) is 10.8 Å². The van der Waals surface area contributed by atoms with E-state index in [1.807, 2.05) is 0 Å². The summed E-state index contributed by atoms with van der Waals surface area (Å²) in [7, 11) is 0. The lowest BCUT2D eigenvalue weighted by atomic mass is 10.0. The number of guanidine groups is 2. The Labute approximate surface area is 875 Å². The lowest BCUT2D eigenvalue weighted by molar-refractivity contribution is -0.143. The second-order valence-electron chi connectivity index (χ2n) is 38.2. The quantitative estimate of drug-likeness (QED) is 0.0174. The van der Waals surface area contributed by atoms with Crippen molar-refractivity contribution in [1.82, 2.24) is 95.7 Å². The monoisotopic (exact) mass is 2120 g/mol. The van der Waals surface area contributed by atoms with Gasteiger partial charge in [0.1, 0.15) is 96.1 Å². The third-order valence-corrected chi connectivity index (χ3v) is 24.0. The summed E-state index contributed by atoms with van der Waals surface area (Å²) in [5.74, 6) is -22.1. The van der Waals surface area contributed by atoms with Crippen LogP contribution in [0, 0.1) is 22.7 Å². The molecule has 150 heavy (non-hydrogen) atoms. The number of phenols is 2. The molecule has 51 heteroatoms. The number of carbonyl (C=O) groups excluding carboxylic acids is 17. The molecule has 2 rings (SSSR count). The predicted octanol–water partition coefficient (Wildman–Crippen LogP) is -3.39. The Morgan fingerprint density at radius 1 is 0.320 bits per heavy atom. The van der Waals surface area contributed by atoms with Gasteiger partial charge in [-0.1, -0.05) is 136 Å². The molecule has 0 bridgehead atoms. The summed E-state index contributed by atoms with van der Waals surface area (Å²) in [5.41, 5.74) is 34.8. The molecule has 15 atom stereocenters. The van der Waals surface area contributed by atoms with E-state index in [2.05, 4.69) is 103 Å². The van der Waals surface area contributed by atoms with Crippen LogP contribution in [0.25, 0.3) is 0 Å². The first-order valence-corrected chi connectivity index (χ1v) is 51.8. The fraction of sp³-hybridized carbons (Fsp3) is 0.667. The van der Waals surface area contributed by atoms with Crippen LogP contribution >= 0.6 is 0 Å². The molecule has 0 aromatic heterocycles. The maximum Gasteiger partial charge on any atom is 0.326 e. The minimum absolute atomic E-state index is 0.00496. The van der Waals surface area contributed by atoms with E-state index >= 15 is 0 Å². The molecule has 38 N–H and O–H groups in total. The number of benzene rings is 2. The van der Waals surface area contributed by atoms with E-state index < -0.39 is 254 Å². The molecule has 0 radical (unpaired) electrons. The number of rotatable bonds is 81. The van der Waals surface area contributed by atoms with Gasteiger partial charge in [0.05, 0.1) is 32.2 Å². The van der Waals surface area contributed by atoms with Crippen molar-refractivity contribution in [2.24, 2.45) is 46.2 Å². The van der Waals surface area contributed by atoms with E-state index in [4.69, 9.17) is 45.2 Å². The van der Waals surface area contributed by atoms with E-state index in [0.29, 0.717) is 30.4 Å². The number of hydrogen-bond acceptors (Lipinski definition) is 28. The number of phenolic OH excluding ortho intramolecular Hbond substituents is 2. The van der Waals surface area contributed by atoms with Crippen molar-refractivity contribution < 1.29 is 122 Å². The molecule has 844 valence electrons. The largest absolute Gasteiger partial charge is 0.508 e. The molecule has 0 aliphatic heterocycles. The number of hydrogen-bond donors (Lipinski definition) is 32. The average Bonchev–Trinajstić information content (AvgIpc) is 0.843. The number of aliphatic hydroxyl groups excluding tert-OH is 2. The summed E-state index contributed by atoms with van der Waals surface area (Å²) in [6.45, 7) is 9.06. The van der Waals surface area contributed by atoms with Crippen molar-refractivity contribution in [2.45, 2.75) is 357 Å². The Morgan fingerprint density at radius 3 is 1.01 bits per heavy atom. The van der Waals surface area contributed by atoms with E-state index in [1.54, 1.807) is 27.7 Å². The molecule has 0 unspecified atom stereocenters. The van der Waals surface area contributed by atoms with E-state index in [-0.39, 0.29) is 159 Å². The van der Waals surface area contributed by atoms with Crippen molar-refractivity contribution in [2.75, 3.05) is 52.4 Å². The van der Waals surface area contributed by atoms with Gasteiger partial charge in [0.15, 0.2) is 11.9 Å². The minimum Gasteiger partial charge on any atom is -0.508 e. The summed E-state index contributed by atoms with van der Waals surface area (Å²) in [6, 6.07) is -12.5. The Hall–Kier alpha value is -13.7. The van der Waals surface area contributed by atoms with Crippen molar-refractivity contribution in [3.05, 3.63) is 59.7 Å². The molecule has 0 saturated heterocycles. The van der Waals surface area contributed by atoms with Crippen LogP contribution < -0.4 is 130 Å². The zero-order valence-corrected chi connectivity index (χ0v) is 87.5. The average molecular weight is 2120 g/mol. The lowest BCUT2D eigenvalue weighted by Crippen LogP contribution is -2.62. The second-order valence-corrected chi connectivity index (χ2v) is 38.2. The summed E-state index contributed by atoms with van der Waals surface area (Å²) in [5, 5.41) is 122. The number of aliphatic carboxylic acids is 2. The van der Waals surface area contributed by atoms with Crippen LogP contribution in [-0.2, 0) is 104 Å². The number of aliphatic hydroxyl groups is 2. The predicted molar refractivity (Wildman–Crippen MR) is 556 cm³/mol. The third-order valence-electron chi connectivity index (χ3n) is 24.0. The first-order chi connectivity index (χ1) is 71.1. The highest BCUT2D eigenvalue weighted by Crippen LogP contribution is 2.20. The Morgan fingerprint density at radius 2 is 0.640 bits per heavy atom. The van der Waals surface area contributed by atoms with Crippen LogP contribution in [0.4, 0.5) is 0 Å². The molecule has 0 aliphatic carbocycles. The molecule has 0 fully saturated rings. The number of unbranched alkanes of at least 4 members (excludes halogenated alkanes) is 15. The minimum atomic E-state index is -2.12. The van der Waals surface area contributed by atoms with Crippen molar-refractivity contribution in [3.63, 3.8) is 0 Å². The third kappa shape index (κ3) is 57.7. The van der Waals surface area contributed by atoms with Gasteiger partial charge >= 0.3 is 11.9 Å². The zero-order chi connectivity index (χ0) is 112. The zero-order valence-electron chi connectivity index (χ0n) is 87.5. The number of aromatic hydroxyl groups is 2. The standard InChI is InChI=1S/C99H168N26O25/c1-8-9-10-11-12-13-14-15-16-17-18-19-20-34-79(131)110-55-80(132)111-56-81(133)113-73(52-62-35-39-64(128)40-36-62)92(144)119-71(43-44-78(103)130)90(142)115-66(29-21-24-45-100)85(137)114-67(30-22-25-46-101)86(138)120-72(50-58(2)3)91(143)117-70(33-28-49-109-99(106)107)89(141)124-77(57-126)95(147)112-60(6)84(136)125-83(61(7)127)96(148)122-75(54-82(134)135)94(146)116-68(31-23-26-47-102)87(139)121-74(53-63-37-41-65(129)42-38-63)93(145)118-69(32-27-48-108-98(104)105)88(140)123-76(97(149)150)51-59(4)5/h35-42,58-61,66-77,83,126-129H,8-34,43-57,100-102H2,1-7H3,(H2,103,130)(H,110,131)(H,111,132)(H,112,147)(H,113,133)(H,114,137)(H,115,142)(H,116,146)(H,117,143)(H,118,145)(H,119,144)(H,120,138)(H,121,139)(H,122,148)(H,123,140)(H,124,141)(H,125,136)(H,134,135)(H,149,150)(H4,104,105,108)(H4,106,107,109)/t60-,61+,66-,67-,68-,69-,70-,71-,72-,73-,74-,75-,76-,77-,83-/m0/s1. The van der Waals surface area contributed by atoms with Gasteiger partial charge in [-0.15, -0.1) is 0 Å². The highest BCUT2D eigenvalue weighted by molar-refractivity contribution is 6.02. The molecule has 0 aliphatic rings. The van der Waals surface area contributed by atoms with Crippen LogP contribution in [0.2, 0.25) is 0 Å². The van der Waals surface area contributed by atoms with Gasteiger partial charge < -0.3 is 161 Å². The van der Waals surface area contributed by atoms with Gasteiger partial charge in [0.25, 0.3) is 0 Å². The van der Waals surface area contributed by atoms with Gasteiger partial charge in [0, 0.05) is 38.8 Å². The van der Waals surface area contributed by atoms with Gasteiger partial charge in [-0.05, 0) is 190 Å². The Kier molecular flexibility index (Phi) is 66.3. The van der Waals surface area contributed by atoms with Crippen LogP contribution in [0.3, 0.4) is 0 Å². The van der Waals surface area contributed by atoms with Crippen molar-refractivity contribution >= 4 is 124 Å². The number of primary amides is 1. The lowest BCUT2D eigenvalue weighted by Gasteiger charge is -2.29. The van der Waals surface area contributed by atoms with Crippen LogP contribution in [0.5, 0.6) is 11.5 Å². The molecule has 51 nitrogen and oxygen atoms in total. The molecule has 2 aromatic carbocycles. The molecule has 17 amide bonds. The smallest absolute Gasteiger partial charge is 0.326 e. The first kappa shape index (κ1) is 132. The SMILES string of the molecule is CCCCCCCCCCCCCCCC(=O)NCC(=O)NCC(=O)N[C@@H](Cc1ccc(O)cc1)C(=O)N[C@@H](CCC(N)=O)C(=O)N[C@@H](CCCCN)C(=O)N[C@@H](CCCCN)C(=O)N[C@@H](CC(C)C)C(=O)N[C@@H](CCCNC(=N)N)C(=O)N[C@@H](CO)C(=O)N[C@@H](C)C(=O)N[C@H](C(=O)N[C@@H](CC(=O)O)C(=O)N[C@@H](CCCCN)C(=O)N[C@@H](Cc1ccc(O)cc1)C(=O)N[C@@H](CCCNC(=N)N)C(=O)N[C@@H](CC(C)C)C(=O)O)[C@@H](C)O. The fourth-order valence-electron chi connectivity index (χ4n) is 15.7. The first-order valence-electron chi connectivity index (χ1n) is 51.8. The van der Waals surface area contributed by atoms with Gasteiger partial charge in [0.2, 0.25) is 100 Å². The number of nitrogens with two attached hydrogens (primary N) is 6. The van der Waals surface area contributed by atoms with Crippen LogP contribution in [0.1, 0.15) is 265 Å². The van der Waals surface area contributed by atoms with E-state index in [0.717, 1.165) is 39.5 Å². The number of amides is 17. The number of carboxylic acid groups (broad SMARTS) is 2. The summed E-state index contributed by atoms with van der Waals surface area (Å²) < 4.78 is 0. The highest BCUT2D eigenvalue weighted by Gasteiger charge is 2.40. The van der Waals surface area contributed by atoms with Crippen molar-refractivity contribution in [3.8, 4) is 11.5 Å². The van der Waals surface area contributed by atoms with Gasteiger partial charge in [-0.25, -0.2) is 4.79 Å². The highest BCUT2D eigenvalue weighted by atomic mass is 16.4. The Balaban J connectivity index is 2.47. The summed E-state index contributed by atoms with van der Waals surface area (Å²) in [4.78, 5) is 264. The molecule has 0 saturated carbocycles. The van der Waals surface area contributed by atoms with E-state index in [9.17, 15) is 122 Å². The Bertz CT molecular complexity index is 4590. The summed E-state index contributed by atoms with van der Waals surface area (Å²) in [6.07, 6.45) is 10.4. The van der Waals surface area contributed by atoms with Crippen LogP contribution in [0.15, 0.2) is 48.5 Å². The normalized spacial score (nSPS) is 14.1. The fourth-order valence-corrected chi connectivity index (χ4v) is 15.7. The number of nitrogens with one attached hydrogen (secondary N) is 20. The second kappa shape index (κ2) is 75.1. The van der Waals surface area contributed by atoms with Gasteiger partial charge in [-0.2, -0.15) is 0 Å². The topological polar surface area (TPSA) is 866 Å². The maximum absolute atomic E-state index is 14.8. The maximum atomic E-state index is 14.8. The number of carbonyl (C=O) groups is 19.